The van der Waals surface area contributed by atoms with Crippen molar-refractivity contribution in [2.24, 2.45) is 5.92 Å². The van der Waals surface area contributed by atoms with Crippen LogP contribution in [0, 0.1) is 5.92 Å². The topological polar surface area (TPSA) is 69.6 Å². The van der Waals surface area contributed by atoms with Crippen LogP contribution in [0.3, 0.4) is 0 Å². The Kier molecular flexibility index (Phi) is 2.98. The van der Waals surface area contributed by atoms with Crippen molar-refractivity contribution in [1.29, 1.82) is 0 Å². The fraction of sp³-hybridized carbons (Fsp3) is 0.909. The molecule has 0 saturated heterocycles. The molecule has 3 N–H and O–H groups in total. The number of aliphatic hydroxyl groups is 1. The van der Waals surface area contributed by atoms with Gasteiger partial charge in [0.2, 0.25) is 0 Å². The maximum absolute atomic E-state index is 10.8. The van der Waals surface area contributed by atoms with E-state index in [4.69, 9.17) is 5.11 Å². The van der Waals surface area contributed by atoms with Crippen LogP contribution in [0.5, 0.6) is 0 Å². The Morgan fingerprint density at radius 1 is 1.40 bits per heavy atom. The predicted molar refractivity (Wildman–Crippen MR) is 55.6 cm³/mol. The maximum atomic E-state index is 10.8. The number of carboxylic acids is 1. The van der Waals surface area contributed by atoms with Crippen molar-refractivity contribution in [3.8, 4) is 0 Å². The molecule has 2 aliphatic carbocycles. The van der Waals surface area contributed by atoms with Crippen LogP contribution < -0.4 is 5.32 Å². The van der Waals surface area contributed by atoms with Crippen LogP contribution in [-0.4, -0.2) is 34.4 Å². The number of nitrogens with one attached hydrogen (secondary N) is 1. The highest BCUT2D eigenvalue weighted by molar-refractivity contribution is 5.70. The Labute approximate surface area is 89.7 Å². The Hall–Kier alpha value is -0.610. The van der Waals surface area contributed by atoms with Gasteiger partial charge in [-0.05, 0) is 32.1 Å². The number of aliphatic carboxylic acids is 1. The molecule has 0 aromatic rings. The van der Waals surface area contributed by atoms with Gasteiger partial charge in [-0.2, -0.15) is 0 Å². The maximum Gasteiger partial charge on any atom is 0.306 e. The van der Waals surface area contributed by atoms with E-state index in [1.165, 1.54) is 19.3 Å². The Balaban J connectivity index is 1.77. The molecule has 2 rings (SSSR count). The second-order valence-corrected chi connectivity index (χ2v) is 5.01. The molecule has 86 valence electrons. The van der Waals surface area contributed by atoms with Crippen molar-refractivity contribution in [1.82, 2.24) is 5.32 Å². The summed E-state index contributed by atoms with van der Waals surface area (Å²) in [5.41, 5.74) is -0.779. The molecule has 15 heavy (non-hydrogen) atoms. The van der Waals surface area contributed by atoms with Crippen LogP contribution in [0.1, 0.15) is 38.5 Å². The first-order valence-electron chi connectivity index (χ1n) is 5.78. The molecule has 0 aromatic heterocycles. The van der Waals surface area contributed by atoms with E-state index in [2.05, 4.69) is 5.32 Å². The van der Waals surface area contributed by atoms with Gasteiger partial charge in [0.05, 0.1) is 11.5 Å². The second-order valence-electron chi connectivity index (χ2n) is 5.01. The molecule has 4 heteroatoms. The third-order valence-corrected chi connectivity index (χ3v) is 3.76. The van der Waals surface area contributed by atoms with E-state index in [-0.39, 0.29) is 5.92 Å². The summed E-state index contributed by atoms with van der Waals surface area (Å²) in [6.07, 6.45) is 5.29. The lowest BCUT2D eigenvalue weighted by atomic mass is 9.91. The standard InChI is InChI=1S/C11H19NO3/c13-10(14)8-4-5-11(15,6-8)7-12-9-2-1-3-9/h8-9,12,15H,1-7H2,(H,13,14). The third-order valence-electron chi connectivity index (χ3n) is 3.76. The van der Waals surface area contributed by atoms with Gasteiger partial charge in [0, 0.05) is 12.6 Å². The van der Waals surface area contributed by atoms with Gasteiger partial charge in [-0.15, -0.1) is 0 Å². The van der Waals surface area contributed by atoms with E-state index in [0.29, 0.717) is 31.8 Å². The van der Waals surface area contributed by atoms with Gasteiger partial charge < -0.3 is 15.5 Å². The molecule has 0 bridgehead atoms. The summed E-state index contributed by atoms with van der Waals surface area (Å²) in [6.45, 7) is 0.557. The third kappa shape index (κ3) is 2.49. The van der Waals surface area contributed by atoms with Crippen LogP contribution in [0.15, 0.2) is 0 Å². The Bertz CT molecular complexity index is 252. The van der Waals surface area contributed by atoms with E-state index in [1.54, 1.807) is 0 Å². The zero-order valence-electron chi connectivity index (χ0n) is 8.91. The van der Waals surface area contributed by atoms with Crippen molar-refractivity contribution < 1.29 is 15.0 Å². The van der Waals surface area contributed by atoms with E-state index in [9.17, 15) is 9.90 Å². The molecular formula is C11H19NO3. The van der Waals surface area contributed by atoms with Crippen molar-refractivity contribution in [3.05, 3.63) is 0 Å². The average molecular weight is 213 g/mol. The molecule has 0 spiro atoms. The van der Waals surface area contributed by atoms with Crippen molar-refractivity contribution >= 4 is 5.97 Å². The molecule has 0 heterocycles. The van der Waals surface area contributed by atoms with Gasteiger partial charge >= 0.3 is 5.97 Å². The van der Waals surface area contributed by atoms with Gasteiger partial charge in [-0.3, -0.25) is 4.79 Å². The fourth-order valence-electron chi connectivity index (χ4n) is 2.42. The first-order valence-corrected chi connectivity index (χ1v) is 5.78. The molecule has 2 fully saturated rings. The summed E-state index contributed by atoms with van der Waals surface area (Å²) in [5.74, 6) is -1.12. The fourth-order valence-corrected chi connectivity index (χ4v) is 2.42. The van der Waals surface area contributed by atoms with Gasteiger partial charge in [-0.25, -0.2) is 0 Å². The Morgan fingerprint density at radius 3 is 2.60 bits per heavy atom. The minimum atomic E-state index is -0.779. The molecule has 0 radical (unpaired) electrons. The van der Waals surface area contributed by atoms with E-state index < -0.39 is 11.6 Å². The molecule has 2 atom stereocenters. The normalized spacial score (nSPS) is 36.5. The molecule has 2 aliphatic rings. The minimum absolute atomic E-state index is 0.349. The monoisotopic (exact) mass is 213 g/mol. The van der Waals surface area contributed by atoms with Gasteiger partial charge in [0.25, 0.3) is 0 Å². The van der Waals surface area contributed by atoms with Crippen LogP contribution >= 0.6 is 0 Å². The number of hydrogen-bond donors (Lipinski definition) is 3. The summed E-state index contributed by atoms with van der Waals surface area (Å²) in [4.78, 5) is 10.8. The largest absolute Gasteiger partial charge is 0.481 e. The molecular weight excluding hydrogens is 194 g/mol. The predicted octanol–water partition coefficient (Wildman–Crippen LogP) is 0.744. The van der Waals surface area contributed by atoms with Crippen LogP contribution in [0.25, 0.3) is 0 Å². The first kappa shape index (κ1) is 10.9. The number of carboxylic acid groups (broad SMARTS) is 1. The molecule has 0 amide bonds. The van der Waals surface area contributed by atoms with Gasteiger partial charge in [0.15, 0.2) is 0 Å². The highest BCUT2D eigenvalue weighted by atomic mass is 16.4. The molecule has 0 aromatic carbocycles. The summed E-state index contributed by atoms with van der Waals surface area (Å²) in [5, 5.41) is 22.3. The number of carbonyl (C=O) groups is 1. The SMILES string of the molecule is O=C(O)C1CCC(O)(CNC2CCC2)C1. The molecule has 0 aliphatic heterocycles. The van der Waals surface area contributed by atoms with Crippen molar-refractivity contribution in [2.45, 2.75) is 50.2 Å². The Morgan fingerprint density at radius 2 is 2.13 bits per heavy atom. The van der Waals surface area contributed by atoms with E-state index >= 15 is 0 Å². The molecule has 4 nitrogen and oxygen atoms in total. The first-order chi connectivity index (χ1) is 7.09. The summed E-state index contributed by atoms with van der Waals surface area (Å²) >= 11 is 0. The quantitative estimate of drug-likeness (QED) is 0.644. The van der Waals surface area contributed by atoms with Crippen molar-refractivity contribution in [3.63, 3.8) is 0 Å². The van der Waals surface area contributed by atoms with Crippen LogP contribution in [0.4, 0.5) is 0 Å². The summed E-state index contributed by atoms with van der Waals surface area (Å²) in [6, 6.07) is 0.554. The van der Waals surface area contributed by atoms with Gasteiger partial charge in [0.1, 0.15) is 0 Å². The average Bonchev–Trinajstić information content (AvgIpc) is 2.46. The van der Waals surface area contributed by atoms with Gasteiger partial charge in [-0.1, -0.05) is 6.42 Å². The zero-order chi connectivity index (χ0) is 10.9. The van der Waals surface area contributed by atoms with Crippen LogP contribution in [0.2, 0.25) is 0 Å². The second kappa shape index (κ2) is 4.10. The molecule has 2 unspecified atom stereocenters. The number of rotatable bonds is 4. The minimum Gasteiger partial charge on any atom is -0.481 e. The lowest BCUT2D eigenvalue weighted by Gasteiger charge is -2.31. The molecule has 2 saturated carbocycles. The summed E-state index contributed by atoms with van der Waals surface area (Å²) < 4.78 is 0. The van der Waals surface area contributed by atoms with E-state index in [1.807, 2.05) is 0 Å². The van der Waals surface area contributed by atoms with E-state index in [0.717, 1.165) is 0 Å². The van der Waals surface area contributed by atoms with Crippen molar-refractivity contribution in [2.75, 3.05) is 6.54 Å². The lowest BCUT2D eigenvalue weighted by molar-refractivity contribution is -0.142. The number of hydrogen-bond acceptors (Lipinski definition) is 3. The zero-order valence-corrected chi connectivity index (χ0v) is 8.91. The highest BCUT2D eigenvalue weighted by Crippen LogP contribution is 2.34. The smallest absolute Gasteiger partial charge is 0.306 e. The lowest BCUT2D eigenvalue weighted by Crippen LogP contribution is -2.45. The highest BCUT2D eigenvalue weighted by Gasteiger charge is 2.40. The summed E-state index contributed by atoms with van der Waals surface area (Å²) in [7, 11) is 0. The van der Waals surface area contributed by atoms with Crippen LogP contribution in [-0.2, 0) is 4.79 Å².